The van der Waals surface area contributed by atoms with Gasteiger partial charge in [0, 0.05) is 4.47 Å². The van der Waals surface area contributed by atoms with Crippen LogP contribution in [0.15, 0.2) is 28.2 Å². The predicted octanol–water partition coefficient (Wildman–Crippen LogP) is 3.36. The lowest BCUT2D eigenvalue weighted by atomic mass is 10.0. The van der Waals surface area contributed by atoms with Gasteiger partial charge in [-0.25, -0.2) is 0 Å². The molecule has 0 bridgehead atoms. The van der Waals surface area contributed by atoms with Gasteiger partial charge in [0.05, 0.1) is 17.3 Å². The van der Waals surface area contributed by atoms with Gasteiger partial charge < -0.3 is 5.73 Å². The van der Waals surface area contributed by atoms with Crippen LogP contribution in [0.3, 0.4) is 0 Å². The van der Waals surface area contributed by atoms with Crippen LogP contribution >= 0.6 is 15.9 Å². The standard InChI is InChI=1S/C12H13BrN2/c1-3-9(7-14)12(15)10-4-8(2)5-11(13)6-10/h4-6H,3,15H2,1-2H3/b12-9-. The number of nitriles is 1. The van der Waals surface area contributed by atoms with E-state index in [0.29, 0.717) is 17.7 Å². The lowest BCUT2D eigenvalue weighted by Gasteiger charge is -2.06. The normalized spacial score (nSPS) is 11.9. The van der Waals surface area contributed by atoms with Crippen LogP contribution in [-0.4, -0.2) is 0 Å². The van der Waals surface area contributed by atoms with Crippen molar-refractivity contribution in [2.45, 2.75) is 20.3 Å². The van der Waals surface area contributed by atoms with E-state index in [0.717, 1.165) is 15.6 Å². The molecule has 0 spiro atoms. The third-order valence-electron chi connectivity index (χ3n) is 2.17. The van der Waals surface area contributed by atoms with E-state index in [1.807, 2.05) is 32.0 Å². The molecule has 78 valence electrons. The summed E-state index contributed by atoms with van der Waals surface area (Å²) in [5, 5.41) is 8.90. The molecule has 0 fully saturated rings. The van der Waals surface area contributed by atoms with Crippen molar-refractivity contribution in [1.29, 1.82) is 5.26 Å². The molecule has 0 atom stereocenters. The Morgan fingerprint density at radius 1 is 1.47 bits per heavy atom. The molecule has 15 heavy (non-hydrogen) atoms. The zero-order valence-electron chi connectivity index (χ0n) is 8.84. The summed E-state index contributed by atoms with van der Waals surface area (Å²) in [6, 6.07) is 8.04. The maximum absolute atomic E-state index is 8.90. The molecule has 3 heteroatoms. The van der Waals surface area contributed by atoms with Crippen molar-refractivity contribution in [3.8, 4) is 6.07 Å². The van der Waals surface area contributed by atoms with E-state index >= 15 is 0 Å². The highest BCUT2D eigenvalue weighted by Gasteiger charge is 2.05. The van der Waals surface area contributed by atoms with E-state index in [-0.39, 0.29) is 0 Å². The van der Waals surface area contributed by atoms with Crippen molar-refractivity contribution in [3.05, 3.63) is 39.4 Å². The molecule has 0 aliphatic carbocycles. The Hall–Kier alpha value is -1.27. The number of nitrogens with zero attached hydrogens (tertiary/aromatic N) is 1. The minimum absolute atomic E-state index is 0.574. The minimum Gasteiger partial charge on any atom is -0.397 e. The zero-order valence-corrected chi connectivity index (χ0v) is 10.4. The van der Waals surface area contributed by atoms with Crippen LogP contribution in [0.2, 0.25) is 0 Å². The summed E-state index contributed by atoms with van der Waals surface area (Å²) in [5.41, 5.74) is 9.16. The first-order chi connectivity index (χ1) is 7.08. The zero-order chi connectivity index (χ0) is 11.4. The highest BCUT2D eigenvalue weighted by atomic mass is 79.9. The molecule has 0 aromatic heterocycles. The maximum atomic E-state index is 8.90. The summed E-state index contributed by atoms with van der Waals surface area (Å²) in [6.07, 6.45) is 0.661. The number of hydrogen-bond donors (Lipinski definition) is 1. The Bertz CT molecular complexity index is 421. The summed E-state index contributed by atoms with van der Waals surface area (Å²) < 4.78 is 0.980. The van der Waals surface area contributed by atoms with Gasteiger partial charge in [-0.15, -0.1) is 0 Å². The number of aryl methyl sites for hydroxylation is 1. The van der Waals surface area contributed by atoms with Gasteiger partial charge in [-0.1, -0.05) is 22.9 Å². The summed E-state index contributed by atoms with van der Waals surface area (Å²) in [5.74, 6) is 0. The van der Waals surface area contributed by atoms with Gasteiger partial charge in [-0.3, -0.25) is 0 Å². The highest BCUT2D eigenvalue weighted by Crippen LogP contribution is 2.21. The summed E-state index contributed by atoms with van der Waals surface area (Å²) in [6.45, 7) is 3.93. The molecular formula is C12H13BrN2. The number of benzene rings is 1. The monoisotopic (exact) mass is 264 g/mol. The maximum Gasteiger partial charge on any atom is 0.0968 e. The first-order valence-corrected chi connectivity index (χ1v) is 5.54. The molecule has 0 radical (unpaired) electrons. The Morgan fingerprint density at radius 2 is 2.13 bits per heavy atom. The number of rotatable bonds is 2. The molecule has 1 aromatic rings. The first-order valence-electron chi connectivity index (χ1n) is 4.74. The fourth-order valence-corrected chi connectivity index (χ4v) is 2.00. The third-order valence-corrected chi connectivity index (χ3v) is 2.62. The van der Waals surface area contributed by atoms with Gasteiger partial charge in [0.15, 0.2) is 0 Å². The average Bonchev–Trinajstić information content (AvgIpc) is 2.18. The molecule has 0 aliphatic rings. The van der Waals surface area contributed by atoms with Crippen LogP contribution in [0.4, 0.5) is 0 Å². The quantitative estimate of drug-likeness (QED) is 0.833. The third kappa shape index (κ3) is 2.84. The molecule has 2 N–H and O–H groups in total. The second-order valence-corrected chi connectivity index (χ2v) is 4.29. The molecule has 1 aromatic carbocycles. The van der Waals surface area contributed by atoms with Crippen molar-refractivity contribution in [1.82, 2.24) is 0 Å². The Labute approximate surface area is 98.5 Å². The van der Waals surface area contributed by atoms with Crippen molar-refractivity contribution in [3.63, 3.8) is 0 Å². The van der Waals surface area contributed by atoms with Gasteiger partial charge in [0.25, 0.3) is 0 Å². The van der Waals surface area contributed by atoms with Crippen LogP contribution in [-0.2, 0) is 0 Å². The van der Waals surface area contributed by atoms with Crippen molar-refractivity contribution < 1.29 is 0 Å². The number of allylic oxidation sites excluding steroid dienone is 1. The minimum atomic E-state index is 0.574. The second kappa shape index (κ2) is 4.99. The van der Waals surface area contributed by atoms with Gasteiger partial charge in [0.1, 0.15) is 0 Å². The number of hydrogen-bond acceptors (Lipinski definition) is 2. The topological polar surface area (TPSA) is 49.8 Å². The molecule has 0 amide bonds. The van der Waals surface area contributed by atoms with E-state index < -0.39 is 0 Å². The fourth-order valence-electron chi connectivity index (χ4n) is 1.40. The molecule has 2 nitrogen and oxygen atoms in total. The van der Waals surface area contributed by atoms with Crippen LogP contribution in [0.5, 0.6) is 0 Å². The van der Waals surface area contributed by atoms with E-state index in [9.17, 15) is 0 Å². The Morgan fingerprint density at radius 3 is 2.60 bits per heavy atom. The molecule has 1 rings (SSSR count). The van der Waals surface area contributed by atoms with Crippen LogP contribution in [0.25, 0.3) is 5.70 Å². The largest absolute Gasteiger partial charge is 0.397 e. The van der Waals surface area contributed by atoms with E-state index in [1.54, 1.807) is 0 Å². The van der Waals surface area contributed by atoms with E-state index in [1.165, 1.54) is 0 Å². The molecule has 0 saturated carbocycles. The summed E-state index contributed by atoms with van der Waals surface area (Å²) in [4.78, 5) is 0. The van der Waals surface area contributed by atoms with Crippen molar-refractivity contribution >= 4 is 21.6 Å². The SMILES string of the molecule is CC/C(C#N)=C(/N)c1cc(C)cc(Br)c1. The van der Waals surface area contributed by atoms with Gasteiger partial charge in [-0.05, 0) is 42.7 Å². The lowest BCUT2D eigenvalue weighted by molar-refractivity contribution is 1.14. The van der Waals surface area contributed by atoms with E-state index in [4.69, 9.17) is 11.0 Å². The van der Waals surface area contributed by atoms with Crippen LogP contribution in [0, 0.1) is 18.3 Å². The van der Waals surface area contributed by atoms with Gasteiger partial charge in [-0.2, -0.15) is 5.26 Å². The molecule has 0 saturated heterocycles. The fraction of sp³-hybridized carbons (Fsp3) is 0.250. The second-order valence-electron chi connectivity index (χ2n) is 3.37. The predicted molar refractivity (Wildman–Crippen MR) is 65.9 cm³/mol. The molecule has 0 aliphatic heterocycles. The van der Waals surface area contributed by atoms with Crippen molar-refractivity contribution in [2.24, 2.45) is 5.73 Å². The number of nitrogens with two attached hydrogens (primary N) is 1. The van der Waals surface area contributed by atoms with Crippen molar-refractivity contribution in [2.75, 3.05) is 0 Å². The lowest BCUT2D eigenvalue weighted by Crippen LogP contribution is -2.01. The smallest absolute Gasteiger partial charge is 0.0968 e. The first kappa shape index (κ1) is 11.8. The van der Waals surface area contributed by atoms with Gasteiger partial charge >= 0.3 is 0 Å². The number of halogens is 1. The summed E-state index contributed by atoms with van der Waals surface area (Å²) >= 11 is 3.41. The molecular weight excluding hydrogens is 252 g/mol. The van der Waals surface area contributed by atoms with Crippen LogP contribution in [0.1, 0.15) is 24.5 Å². The van der Waals surface area contributed by atoms with Crippen LogP contribution < -0.4 is 5.73 Å². The Balaban J connectivity index is 3.28. The average molecular weight is 265 g/mol. The van der Waals surface area contributed by atoms with E-state index in [2.05, 4.69) is 22.0 Å². The highest BCUT2D eigenvalue weighted by molar-refractivity contribution is 9.10. The summed E-state index contributed by atoms with van der Waals surface area (Å²) in [7, 11) is 0. The Kier molecular flexibility index (Phi) is 3.93. The van der Waals surface area contributed by atoms with Gasteiger partial charge in [0.2, 0.25) is 0 Å². The molecule has 0 heterocycles. The molecule has 0 unspecified atom stereocenters.